The first-order valence-corrected chi connectivity index (χ1v) is 8.81. The van der Waals surface area contributed by atoms with E-state index in [9.17, 15) is 15.2 Å². The molecule has 1 heterocycles. The fraction of sp³-hybridized carbons (Fsp3) is 0.421. The highest BCUT2D eigenvalue weighted by Gasteiger charge is 2.37. The molecule has 0 bridgehead atoms. The van der Waals surface area contributed by atoms with E-state index in [1.807, 2.05) is 12.2 Å². The number of carboxylic acids is 1. The average Bonchev–Trinajstić information content (AvgIpc) is 2.91. The summed E-state index contributed by atoms with van der Waals surface area (Å²) in [5.74, 6) is -1.07. The maximum atomic E-state index is 10.5. The molecule has 2 N–H and O–H groups in total. The van der Waals surface area contributed by atoms with Gasteiger partial charge in [-0.15, -0.1) is 0 Å². The lowest BCUT2D eigenvalue weighted by atomic mass is 9.85. The van der Waals surface area contributed by atoms with Crippen LogP contribution < -0.4 is 4.74 Å². The second kappa shape index (κ2) is 9.83. The Balaban J connectivity index is 1.92. The normalized spacial score (nSPS) is 22.2. The van der Waals surface area contributed by atoms with E-state index in [2.05, 4.69) is 11.1 Å². The Bertz CT molecular complexity index is 726. The van der Waals surface area contributed by atoms with Gasteiger partial charge in [-0.25, -0.2) is 4.98 Å². The maximum absolute atomic E-state index is 10.5. The van der Waals surface area contributed by atoms with E-state index in [4.69, 9.17) is 21.4 Å². The van der Waals surface area contributed by atoms with Crippen LogP contribution in [0.15, 0.2) is 42.2 Å². The number of aliphatic carboxylic acids is 1. The summed E-state index contributed by atoms with van der Waals surface area (Å²) < 4.78 is 5.64. The van der Waals surface area contributed by atoms with Crippen molar-refractivity contribution in [1.82, 2.24) is 4.98 Å². The first kappa shape index (κ1) is 19.8. The van der Waals surface area contributed by atoms with Gasteiger partial charge in [0.1, 0.15) is 11.8 Å². The number of ether oxygens (including phenoxy) is 1. The Morgan fingerprint density at radius 1 is 1.42 bits per heavy atom. The standard InChI is InChI=1S/C19H21ClN2O4/c20-17-7-5-8-18(22-17)26-12-15-14(13(11-21)10-16(15)23)6-3-1-2-4-9-19(24)25/h1,3,5,7-8,10,13-15,23H,2,4,6,9,12H2,(H,24,25)/b3-1-/t13?,14-,15+/m0/s1. The van der Waals surface area contributed by atoms with Gasteiger partial charge in [0.15, 0.2) is 0 Å². The molecule has 1 aromatic heterocycles. The highest BCUT2D eigenvalue weighted by molar-refractivity contribution is 6.29. The number of nitrogens with zero attached hydrogens (tertiary/aromatic N) is 2. The van der Waals surface area contributed by atoms with E-state index in [0.29, 0.717) is 30.3 Å². The lowest BCUT2D eigenvalue weighted by molar-refractivity contribution is -0.137. The van der Waals surface area contributed by atoms with Crippen molar-refractivity contribution in [3.63, 3.8) is 0 Å². The number of aliphatic hydroxyl groups is 1. The average molecular weight is 377 g/mol. The minimum Gasteiger partial charge on any atom is -0.512 e. The third-order valence-corrected chi connectivity index (χ3v) is 4.50. The van der Waals surface area contributed by atoms with Crippen LogP contribution in [0.1, 0.15) is 25.7 Å². The molecule has 26 heavy (non-hydrogen) atoms. The zero-order chi connectivity index (χ0) is 18.9. The second-order valence-corrected chi connectivity index (χ2v) is 6.51. The van der Waals surface area contributed by atoms with Crippen molar-refractivity contribution in [2.75, 3.05) is 6.61 Å². The zero-order valence-corrected chi connectivity index (χ0v) is 15.0. The molecule has 6 nitrogen and oxygen atoms in total. The molecular formula is C19H21ClN2O4. The molecule has 0 spiro atoms. The summed E-state index contributed by atoms with van der Waals surface area (Å²) in [7, 11) is 0. The highest BCUT2D eigenvalue weighted by atomic mass is 35.5. The van der Waals surface area contributed by atoms with Gasteiger partial charge < -0.3 is 14.9 Å². The summed E-state index contributed by atoms with van der Waals surface area (Å²) in [6, 6.07) is 7.26. The Hall–Kier alpha value is -2.52. The van der Waals surface area contributed by atoms with Crippen molar-refractivity contribution >= 4 is 17.6 Å². The number of aliphatic hydroxyl groups excluding tert-OH is 1. The Morgan fingerprint density at radius 2 is 2.23 bits per heavy atom. The van der Waals surface area contributed by atoms with Gasteiger partial charge in [0, 0.05) is 12.5 Å². The number of carbonyl (C=O) groups is 1. The number of nitriles is 1. The summed E-state index contributed by atoms with van der Waals surface area (Å²) in [6.07, 6.45) is 7.42. The molecule has 7 heteroatoms. The molecular weight excluding hydrogens is 356 g/mol. The summed E-state index contributed by atoms with van der Waals surface area (Å²) in [5.41, 5.74) is 0. The van der Waals surface area contributed by atoms with Crippen molar-refractivity contribution in [2.45, 2.75) is 25.7 Å². The number of carboxylic acid groups (broad SMARTS) is 1. The maximum Gasteiger partial charge on any atom is 0.303 e. The summed E-state index contributed by atoms with van der Waals surface area (Å²) in [6.45, 7) is 0.200. The molecule has 3 atom stereocenters. The van der Waals surface area contributed by atoms with E-state index in [1.165, 1.54) is 0 Å². The van der Waals surface area contributed by atoms with Gasteiger partial charge in [0.05, 0.1) is 23.7 Å². The lowest BCUT2D eigenvalue weighted by Crippen LogP contribution is -2.23. The predicted molar refractivity (Wildman–Crippen MR) is 96.8 cm³/mol. The lowest BCUT2D eigenvalue weighted by Gasteiger charge is -2.21. The zero-order valence-electron chi connectivity index (χ0n) is 14.2. The minimum atomic E-state index is -0.806. The predicted octanol–water partition coefficient (Wildman–Crippen LogP) is 4.14. The largest absolute Gasteiger partial charge is 0.512 e. The van der Waals surface area contributed by atoms with E-state index in [0.717, 1.165) is 0 Å². The number of hydrogen-bond donors (Lipinski definition) is 2. The van der Waals surface area contributed by atoms with Gasteiger partial charge in [-0.1, -0.05) is 29.8 Å². The summed E-state index contributed by atoms with van der Waals surface area (Å²) >= 11 is 5.83. The molecule has 0 aliphatic heterocycles. The summed E-state index contributed by atoms with van der Waals surface area (Å²) in [4.78, 5) is 14.5. The van der Waals surface area contributed by atoms with Crippen molar-refractivity contribution in [3.05, 3.63) is 47.3 Å². The van der Waals surface area contributed by atoms with Crippen LogP contribution in [0.4, 0.5) is 0 Å². The van der Waals surface area contributed by atoms with Crippen LogP contribution in [0.2, 0.25) is 5.15 Å². The number of unbranched alkanes of at least 4 members (excludes halogenated alkanes) is 1. The molecule has 0 fully saturated rings. The molecule has 0 saturated heterocycles. The van der Waals surface area contributed by atoms with Crippen LogP contribution in [0.25, 0.3) is 0 Å². The topological polar surface area (TPSA) is 103 Å². The van der Waals surface area contributed by atoms with Gasteiger partial charge in [-0.2, -0.15) is 5.26 Å². The van der Waals surface area contributed by atoms with Gasteiger partial charge in [-0.3, -0.25) is 4.79 Å². The smallest absolute Gasteiger partial charge is 0.303 e. The SMILES string of the molecule is N#CC1C=C(O)[C@H](COc2cccc(Cl)n2)[C@H]1C/C=C\CCCC(=O)O. The Labute approximate surface area is 157 Å². The molecule has 0 radical (unpaired) electrons. The fourth-order valence-corrected chi connectivity index (χ4v) is 3.10. The van der Waals surface area contributed by atoms with E-state index in [1.54, 1.807) is 24.3 Å². The van der Waals surface area contributed by atoms with Crippen LogP contribution in [-0.4, -0.2) is 27.8 Å². The Morgan fingerprint density at radius 3 is 2.92 bits per heavy atom. The summed E-state index contributed by atoms with van der Waals surface area (Å²) in [5, 5.41) is 28.5. The van der Waals surface area contributed by atoms with Crippen LogP contribution in [0, 0.1) is 29.1 Å². The molecule has 0 amide bonds. The molecule has 138 valence electrons. The molecule has 1 aromatic rings. The first-order valence-electron chi connectivity index (χ1n) is 8.43. The molecule has 1 aliphatic carbocycles. The third-order valence-electron chi connectivity index (χ3n) is 4.29. The van der Waals surface area contributed by atoms with E-state index >= 15 is 0 Å². The number of halogens is 1. The van der Waals surface area contributed by atoms with Gasteiger partial charge in [0.25, 0.3) is 0 Å². The van der Waals surface area contributed by atoms with Crippen molar-refractivity contribution in [1.29, 1.82) is 5.26 Å². The highest BCUT2D eigenvalue weighted by Crippen LogP contribution is 2.38. The van der Waals surface area contributed by atoms with E-state index in [-0.39, 0.29) is 36.5 Å². The molecule has 1 unspecified atom stereocenters. The molecule has 0 aromatic carbocycles. The first-order chi connectivity index (χ1) is 12.5. The minimum absolute atomic E-state index is 0.102. The van der Waals surface area contributed by atoms with Gasteiger partial charge in [0.2, 0.25) is 5.88 Å². The Kier molecular flexibility index (Phi) is 7.49. The van der Waals surface area contributed by atoms with Crippen LogP contribution in [0.3, 0.4) is 0 Å². The quantitative estimate of drug-likeness (QED) is 0.381. The number of aromatic nitrogens is 1. The molecule has 0 saturated carbocycles. The molecule has 1 aliphatic rings. The number of pyridine rings is 1. The van der Waals surface area contributed by atoms with Crippen LogP contribution >= 0.6 is 11.6 Å². The molecule has 2 rings (SSSR count). The monoisotopic (exact) mass is 376 g/mol. The fourth-order valence-electron chi connectivity index (χ4n) is 2.94. The number of hydrogen-bond acceptors (Lipinski definition) is 5. The number of rotatable bonds is 9. The van der Waals surface area contributed by atoms with Gasteiger partial charge in [-0.05, 0) is 37.3 Å². The second-order valence-electron chi connectivity index (χ2n) is 6.12. The van der Waals surface area contributed by atoms with Crippen LogP contribution in [-0.2, 0) is 4.79 Å². The van der Waals surface area contributed by atoms with Crippen molar-refractivity contribution < 1.29 is 19.7 Å². The third kappa shape index (κ3) is 5.78. The van der Waals surface area contributed by atoms with Gasteiger partial charge >= 0.3 is 5.97 Å². The van der Waals surface area contributed by atoms with Crippen LogP contribution in [0.5, 0.6) is 5.88 Å². The van der Waals surface area contributed by atoms with Crippen molar-refractivity contribution in [3.8, 4) is 11.9 Å². The van der Waals surface area contributed by atoms with E-state index < -0.39 is 5.97 Å². The van der Waals surface area contributed by atoms with Crippen molar-refractivity contribution in [2.24, 2.45) is 17.8 Å². The number of allylic oxidation sites excluding steroid dienone is 3.